The van der Waals surface area contributed by atoms with Crippen molar-refractivity contribution >= 4 is 17.7 Å². The van der Waals surface area contributed by atoms with Crippen LogP contribution in [0.25, 0.3) is 11.5 Å². The number of thioether (sulfide) groups is 1. The lowest BCUT2D eigenvalue weighted by Gasteiger charge is -2.21. The van der Waals surface area contributed by atoms with Crippen LogP contribution in [0.4, 0.5) is 0 Å². The van der Waals surface area contributed by atoms with Crippen LogP contribution in [0.2, 0.25) is 0 Å². The van der Waals surface area contributed by atoms with Crippen LogP contribution in [0.5, 0.6) is 11.5 Å². The molecule has 0 bridgehead atoms. The summed E-state index contributed by atoms with van der Waals surface area (Å²) in [7, 11) is 1.76. The monoisotopic (exact) mass is 398 g/mol. The summed E-state index contributed by atoms with van der Waals surface area (Å²) in [6, 6.07) is 9.34. The van der Waals surface area contributed by atoms with Crippen LogP contribution < -0.4 is 9.47 Å². The van der Waals surface area contributed by atoms with Crippen LogP contribution in [0.15, 0.2) is 52.4 Å². The molecule has 1 aliphatic heterocycles. The number of pyridine rings is 1. The molecule has 8 nitrogen and oxygen atoms in total. The first-order chi connectivity index (χ1) is 13.7. The maximum atomic E-state index is 12.4. The Morgan fingerprint density at radius 3 is 2.86 bits per heavy atom. The van der Waals surface area contributed by atoms with Gasteiger partial charge >= 0.3 is 0 Å². The number of hydrogen-bond donors (Lipinski definition) is 0. The van der Waals surface area contributed by atoms with Gasteiger partial charge in [0.25, 0.3) is 5.22 Å². The average Bonchev–Trinajstić information content (AvgIpc) is 3.21. The summed E-state index contributed by atoms with van der Waals surface area (Å²) in [6.45, 7) is 1.56. The highest BCUT2D eigenvalue weighted by Gasteiger charge is 2.16. The molecular formula is C19H18N4O4S. The minimum atomic E-state index is -0.0407. The molecule has 3 heterocycles. The SMILES string of the molecule is CN(Cc1ccc2c(c1)OCCO2)C(=O)CSc1nnc(-c2cccnc2)o1. The number of ether oxygens (including phenoxy) is 2. The van der Waals surface area contributed by atoms with Gasteiger partial charge in [0, 0.05) is 26.0 Å². The number of carbonyl (C=O) groups is 1. The molecule has 0 unspecified atom stereocenters. The van der Waals surface area contributed by atoms with Crippen LogP contribution >= 0.6 is 11.8 Å². The minimum Gasteiger partial charge on any atom is -0.486 e. The van der Waals surface area contributed by atoms with E-state index in [4.69, 9.17) is 13.9 Å². The Bertz CT molecular complexity index is 964. The van der Waals surface area contributed by atoms with E-state index in [1.165, 1.54) is 11.8 Å². The average molecular weight is 398 g/mol. The van der Waals surface area contributed by atoms with Gasteiger partial charge in [0.2, 0.25) is 11.8 Å². The Morgan fingerprint density at radius 2 is 2.04 bits per heavy atom. The largest absolute Gasteiger partial charge is 0.486 e. The van der Waals surface area contributed by atoms with Crippen molar-refractivity contribution in [3.63, 3.8) is 0 Å². The van der Waals surface area contributed by atoms with Gasteiger partial charge in [0.05, 0.1) is 11.3 Å². The summed E-state index contributed by atoms with van der Waals surface area (Å²) in [4.78, 5) is 18.1. The summed E-state index contributed by atoms with van der Waals surface area (Å²) in [5, 5.41) is 8.31. The van der Waals surface area contributed by atoms with Gasteiger partial charge in [-0.3, -0.25) is 9.78 Å². The number of benzene rings is 1. The van der Waals surface area contributed by atoms with Crippen LogP contribution in [0.1, 0.15) is 5.56 Å². The number of amides is 1. The van der Waals surface area contributed by atoms with E-state index >= 15 is 0 Å². The molecule has 0 N–H and O–H groups in total. The number of rotatable bonds is 6. The highest BCUT2D eigenvalue weighted by molar-refractivity contribution is 7.99. The molecule has 0 saturated carbocycles. The standard InChI is InChI=1S/C19H18N4O4S/c1-23(11-13-4-5-15-16(9-13)26-8-7-25-15)17(24)12-28-19-22-21-18(27-19)14-3-2-6-20-10-14/h2-6,9-10H,7-8,11-12H2,1H3. The lowest BCUT2D eigenvalue weighted by Crippen LogP contribution is -2.27. The maximum absolute atomic E-state index is 12.4. The van der Waals surface area contributed by atoms with Crippen molar-refractivity contribution in [1.29, 1.82) is 0 Å². The highest BCUT2D eigenvalue weighted by atomic mass is 32.2. The van der Waals surface area contributed by atoms with Crippen LogP contribution in [0.3, 0.4) is 0 Å². The van der Waals surface area contributed by atoms with E-state index in [0.29, 0.717) is 36.6 Å². The van der Waals surface area contributed by atoms with E-state index < -0.39 is 0 Å². The van der Waals surface area contributed by atoms with Gasteiger partial charge in [-0.15, -0.1) is 10.2 Å². The Hall–Kier alpha value is -3.07. The van der Waals surface area contributed by atoms with E-state index in [1.54, 1.807) is 30.4 Å². The van der Waals surface area contributed by atoms with Gasteiger partial charge in [-0.2, -0.15) is 0 Å². The molecule has 1 amide bonds. The lowest BCUT2D eigenvalue weighted by molar-refractivity contribution is -0.127. The van der Waals surface area contributed by atoms with Crippen LogP contribution in [-0.4, -0.2) is 52.0 Å². The molecule has 1 aromatic carbocycles. The third-order valence-electron chi connectivity index (χ3n) is 4.09. The Morgan fingerprint density at radius 1 is 1.18 bits per heavy atom. The van der Waals surface area contributed by atoms with Crippen molar-refractivity contribution in [2.75, 3.05) is 26.0 Å². The van der Waals surface area contributed by atoms with E-state index in [0.717, 1.165) is 16.9 Å². The van der Waals surface area contributed by atoms with Gasteiger partial charge in [0.15, 0.2) is 11.5 Å². The summed E-state index contributed by atoms with van der Waals surface area (Å²) < 4.78 is 16.7. The molecule has 2 aromatic heterocycles. The smallest absolute Gasteiger partial charge is 0.277 e. The number of hydrogen-bond acceptors (Lipinski definition) is 8. The van der Waals surface area contributed by atoms with E-state index in [-0.39, 0.29) is 11.7 Å². The Labute approximate surface area is 165 Å². The second-order valence-corrected chi connectivity index (χ2v) is 7.06. The fourth-order valence-electron chi connectivity index (χ4n) is 2.66. The fraction of sp³-hybridized carbons (Fsp3) is 0.263. The van der Waals surface area contributed by atoms with E-state index in [2.05, 4.69) is 15.2 Å². The van der Waals surface area contributed by atoms with Gasteiger partial charge in [-0.05, 0) is 29.8 Å². The molecule has 9 heteroatoms. The molecule has 0 radical (unpaired) electrons. The summed E-state index contributed by atoms with van der Waals surface area (Å²) in [6.07, 6.45) is 3.32. The molecule has 4 rings (SSSR count). The first kappa shape index (κ1) is 18.3. The normalized spacial score (nSPS) is 12.6. The van der Waals surface area contributed by atoms with Gasteiger partial charge in [-0.25, -0.2) is 0 Å². The van der Waals surface area contributed by atoms with Crippen molar-refractivity contribution in [2.24, 2.45) is 0 Å². The summed E-state index contributed by atoms with van der Waals surface area (Å²) >= 11 is 1.21. The van der Waals surface area contributed by atoms with Crippen molar-refractivity contribution in [3.05, 3.63) is 48.3 Å². The minimum absolute atomic E-state index is 0.0407. The van der Waals surface area contributed by atoms with Crippen molar-refractivity contribution in [1.82, 2.24) is 20.1 Å². The molecule has 0 aliphatic carbocycles. The van der Waals surface area contributed by atoms with Crippen LogP contribution in [-0.2, 0) is 11.3 Å². The molecule has 144 valence electrons. The zero-order chi connectivity index (χ0) is 19.3. The van der Waals surface area contributed by atoms with Gasteiger partial charge in [0.1, 0.15) is 13.2 Å². The molecule has 0 fully saturated rings. The van der Waals surface area contributed by atoms with E-state index in [9.17, 15) is 4.79 Å². The molecule has 3 aromatic rings. The quantitative estimate of drug-likeness (QED) is 0.586. The number of fused-ring (bicyclic) bond motifs is 1. The Balaban J connectivity index is 1.32. The zero-order valence-electron chi connectivity index (χ0n) is 15.2. The Kier molecular flexibility index (Phi) is 5.43. The van der Waals surface area contributed by atoms with Gasteiger partial charge < -0.3 is 18.8 Å². The second kappa shape index (κ2) is 8.30. The van der Waals surface area contributed by atoms with Crippen molar-refractivity contribution in [3.8, 4) is 23.0 Å². The maximum Gasteiger partial charge on any atom is 0.277 e. The third kappa shape index (κ3) is 4.25. The number of carbonyl (C=O) groups excluding carboxylic acids is 1. The second-order valence-electron chi connectivity index (χ2n) is 6.13. The first-order valence-corrected chi connectivity index (χ1v) is 9.67. The summed E-state index contributed by atoms with van der Waals surface area (Å²) in [5.74, 6) is 2.00. The molecule has 0 atom stereocenters. The first-order valence-electron chi connectivity index (χ1n) is 8.68. The molecular weight excluding hydrogens is 380 g/mol. The predicted molar refractivity (Wildman–Crippen MR) is 102 cm³/mol. The van der Waals surface area contributed by atoms with Gasteiger partial charge in [-0.1, -0.05) is 17.8 Å². The molecule has 0 saturated heterocycles. The van der Waals surface area contributed by atoms with Crippen molar-refractivity contribution in [2.45, 2.75) is 11.8 Å². The zero-order valence-corrected chi connectivity index (χ0v) is 16.0. The molecule has 0 spiro atoms. The molecule has 28 heavy (non-hydrogen) atoms. The number of nitrogens with zero attached hydrogens (tertiary/aromatic N) is 4. The van der Waals surface area contributed by atoms with Crippen molar-refractivity contribution < 1.29 is 18.7 Å². The predicted octanol–water partition coefficient (Wildman–Crippen LogP) is 2.65. The summed E-state index contributed by atoms with van der Waals surface area (Å²) in [5.41, 5.74) is 1.71. The lowest BCUT2D eigenvalue weighted by atomic mass is 10.2. The van der Waals surface area contributed by atoms with Crippen LogP contribution in [0, 0.1) is 0 Å². The number of aromatic nitrogens is 3. The highest BCUT2D eigenvalue weighted by Crippen LogP contribution is 2.31. The molecule has 1 aliphatic rings. The van der Waals surface area contributed by atoms with E-state index in [1.807, 2.05) is 24.3 Å². The fourth-order valence-corrected chi connectivity index (χ4v) is 3.36. The topological polar surface area (TPSA) is 90.6 Å². The third-order valence-corrected chi connectivity index (χ3v) is 4.89.